The lowest BCUT2D eigenvalue weighted by atomic mass is 9.94. The highest BCUT2D eigenvalue weighted by Gasteiger charge is 2.29. The van der Waals surface area contributed by atoms with Crippen molar-refractivity contribution in [2.24, 2.45) is 5.41 Å². The number of amides is 2. The van der Waals surface area contributed by atoms with Crippen LogP contribution in [0.2, 0.25) is 0 Å². The van der Waals surface area contributed by atoms with Gasteiger partial charge in [0.15, 0.2) is 0 Å². The third kappa shape index (κ3) is 3.87. The first-order valence-electron chi connectivity index (χ1n) is 6.16. The van der Waals surface area contributed by atoms with Crippen LogP contribution in [0.25, 0.3) is 0 Å². The topological polar surface area (TPSA) is 78.9 Å². The molecule has 18 heavy (non-hydrogen) atoms. The van der Waals surface area contributed by atoms with Crippen molar-refractivity contribution in [3.05, 3.63) is 0 Å². The number of hydrogen-bond donors (Lipinski definition) is 2. The molecule has 1 aliphatic rings. The van der Waals surface area contributed by atoms with Crippen LogP contribution >= 0.6 is 0 Å². The number of likely N-dealkylation sites (tertiary alicyclic amines) is 1. The summed E-state index contributed by atoms with van der Waals surface area (Å²) < 4.78 is 5.24. The van der Waals surface area contributed by atoms with E-state index < -0.39 is 11.4 Å². The third-order valence-corrected chi connectivity index (χ3v) is 3.26. The number of nitrogens with one attached hydrogen (secondary N) is 1. The number of urea groups is 1. The normalized spacial score (nSPS) is 20.6. The second-order valence-electron chi connectivity index (χ2n) is 5.29. The average molecular weight is 258 g/mol. The zero-order valence-corrected chi connectivity index (χ0v) is 11.2. The summed E-state index contributed by atoms with van der Waals surface area (Å²) in [4.78, 5) is 24.5. The highest BCUT2D eigenvalue weighted by atomic mass is 16.5. The third-order valence-electron chi connectivity index (χ3n) is 3.26. The van der Waals surface area contributed by atoms with Crippen molar-refractivity contribution in [3.8, 4) is 0 Å². The van der Waals surface area contributed by atoms with E-state index in [0.29, 0.717) is 13.1 Å². The summed E-state index contributed by atoms with van der Waals surface area (Å²) in [7, 11) is 1.64. The van der Waals surface area contributed by atoms with Gasteiger partial charge in [0.1, 0.15) is 0 Å². The molecule has 1 unspecified atom stereocenters. The SMILES string of the molecule is COC1CCCN(C(=O)NCC(C)(C)C(=O)O)C1. The minimum atomic E-state index is -0.952. The zero-order valence-electron chi connectivity index (χ0n) is 11.2. The fourth-order valence-electron chi connectivity index (χ4n) is 1.80. The molecule has 1 aliphatic heterocycles. The van der Waals surface area contributed by atoms with Crippen molar-refractivity contribution in [1.82, 2.24) is 10.2 Å². The molecule has 1 rings (SSSR count). The van der Waals surface area contributed by atoms with Gasteiger partial charge in [-0.25, -0.2) is 4.79 Å². The van der Waals surface area contributed by atoms with Crippen LogP contribution in [-0.2, 0) is 9.53 Å². The molecular formula is C12H22N2O4. The van der Waals surface area contributed by atoms with Crippen molar-refractivity contribution in [1.29, 1.82) is 0 Å². The summed E-state index contributed by atoms with van der Waals surface area (Å²) in [6.07, 6.45) is 1.95. The number of methoxy groups -OCH3 is 1. The molecule has 0 saturated carbocycles. The van der Waals surface area contributed by atoms with Crippen LogP contribution in [0.15, 0.2) is 0 Å². The van der Waals surface area contributed by atoms with E-state index in [4.69, 9.17) is 9.84 Å². The first-order chi connectivity index (χ1) is 8.36. The summed E-state index contributed by atoms with van der Waals surface area (Å²) >= 11 is 0. The number of ether oxygens (including phenoxy) is 1. The van der Waals surface area contributed by atoms with Gasteiger partial charge in [-0.1, -0.05) is 0 Å². The molecule has 0 spiro atoms. The van der Waals surface area contributed by atoms with Crippen LogP contribution in [0.4, 0.5) is 4.79 Å². The first kappa shape index (κ1) is 14.8. The minimum absolute atomic E-state index is 0.0805. The molecule has 0 bridgehead atoms. The maximum Gasteiger partial charge on any atom is 0.317 e. The molecule has 0 radical (unpaired) electrons. The monoisotopic (exact) mass is 258 g/mol. The number of nitrogens with zero attached hydrogens (tertiary/aromatic N) is 1. The lowest BCUT2D eigenvalue weighted by molar-refractivity contribution is -0.146. The van der Waals surface area contributed by atoms with Gasteiger partial charge in [0.05, 0.1) is 11.5 Å². The molecule has 1 heterocycles. The first-order valence-corrected chi connectivity index (χ1v) is 6.16. The van der Waals surface area contributed by atoms with Crippen LogP contribution in [-0.4, -0.2) is 54.9 Å². The Balaban J connectivity index is 2.43. The number of carboxylic acid groups (broad SMARTS) is 1. The molecule has 0 aromatic rings. The highest BCUT2D eigenvalue weighted by Crippen LogP contribution is 2.15. The second kappa shape index (κ2) is 6.04. The minimum Gasteiger partial charge on any atom is -0.481 e. The Labute approximate surface area is 107 Å². The molecule has 0 aliphatic carbocycles. The highest BCUT2D eigenvalue weighted by molar-refractivity contribution is 5.77. The summed E-state index contributed by atoms with van der Waals surface area (Å²) in [5.41, 5.74) is -0.952. The summed E-state index contributed by atoms with van der Waals surface area (Å²) in [5.74, 6) is -0.920. The molecule has 1 saturated heterocycles. The fourth-order valence-corrected chi connectivity index (χ4v) is 1.80. The van der Waals surface area contributed by atoms with E-state index in [1.165, 1.54) is 0 Å². The maximum absolute atomic E-state index is 11.9. The molecule has 104 valence electrons. The number of carboxylic acids is 1. The number of rotatable bonds is 4. The Bertz CT molecular complexity index is 317. The van der Waals surface area contributed by atoms with Gasteiger partial charge in [-0.05, 0) is 26.7 Å². The van der Waals surface area contributed by atoms with Gasteiger partial charge in [0.2, 0.25) is 0 Å². The van der Waals surface area contributed by atoms with E-state index in [9.17, 15) is 9.59 Å². The quantitative estimate of drug-likeness (QED) is 0.786. The number of hydrogen-bond acceptors (Lipinski definition) is 3. The fraction of sp³-hybridized carbons (Fsp3) is 0.833. The van der Waals surface area contributed by atoms with Crippen LogP contribution in [0.1, 0.15) is 26.7 Å². The number of piperidine rings is 1. The van der Waals surface area contributed by atoms with Gasteiger partial charge in [-0.3, -0.25) is 4.79 Å². The lowest BCUT2D eigenvalue weighted by Gasteiger charge is -2.32. The van der Waals surface area contributed by atoms with E-state index >= 15 is 0 Å². The van der Waals surface area contributed by atoms with Crippen molar-refractivity contribution >= 4 is 12.0 Å². The van der Waals surface area contributed by atoms with Gasteiger partial charge in [-0.15, -0.1) is 0 Å². The van der Waals surface area contributed by atoms with Gasteiger partial charge in [0.25, 0.3) is 0 Å². The smallest absolute Gasteiger partial charge is 0.317 e. The lowest BCUT2D eigenvalue weighted by Crippen LogP contribution is -2.50. The van der Waals surface area contributed by atoms with E-state index in [1.54, 1.807) is 25.9 Å². The van der Waals surface area contributed by atoms with Gasteiger partial charge in [-0.2, -0.15) is 0 Å². The van der Waals surface area contributed by atoms with E-state index in [1.807, 2.05) is 0 Å². The Hall–Kier alpha value is -1.30. The van der Waals surface area contributed by atoms with Gasteiger partial charge < -0.3 is 20.1 Å². The molecule has 6 heteroatoms. The largest absolute Gasteiger partial charge is 0.481 e. The summed E-state index contributed by atoms with van der Waals surface area (Å²) in [6.45, 7) is 4.55. The van der Waals surface area contributed by atoms with Crippen molar-refractivity contribution < 1.29 is 19.4 Å². The number of carbonyl (C=O) groups excluding carboxylic acids is 1. The van der Waals surface area contributed by atoms with E-state index in [2.05, 4.69) is 5.32 Å². The van der Waals surface area contributed by atoms with E-state index in [0.717, 1.165) is 12.8 Å². The second-order valence-corrected chi connectivity index (χ2v) is 5.29. The Morgan fingerprint density at radius 2 is 2.17 bits per heavy atom. The summed E-state index contributed by atoms with van der Waals surface area (Å²) in [6, 6.07) is -0.217. The van der Waals surface area contributed by atoms with Crippen molar-refractivity contribution in [2.45, 2.75) is 32.8 Å². The summed E-state index contributed by atoms with van der Waals surface area (Å²) in [5, 5.41) is 11.6. The van der Waals surface area contributed by atoms with Crippen LogP contribution < -0.4 is 5.32 Å². The number of carbonyl (C=O) groups is 2. The van der Waals surface area contributed by atoms with Crippen molar-refractivity contribution in [3.63, 3.8) is 0 Å². The molecule has 1 fully saturated rings. The Morgan fingerprint density at radius 1 is 1.50 bits per heavy atom. The van der Waals surface area contributed by atoms with Gasteiger partial charge >= 0.3 is 12.0 Å². The molecular weight excluding hydrogens is 236 g/mol. The van der Waals surface area contributed by atoms with Gasteiger partial charge in [0, 0.05) is 26.7 Å². The predicted molar refractivity (Wildman–Crippen MR) is 66.4 cm³/mol. The average Bonchev–Trinajstić information content (AvgIpc) is 2.36. The molecule has 1 atom stereocenters. The maximum atomic E-state index is 11.9. The Kier molecular flexibility index (Phi) is 4.95. The molecule has 0 aromatic heterocycles. The van der Waals surface area contributed by atoms with E-state index in [-0.39, 0.29) is 18.7 Å². The molecule has 2 amide bonds. The van der Waals surface area contributed by atoms with Crippen LogP contribution in [0.5, 0.6) is 0 Å². The standard InChI is InChI=1S/C12H22N2O4/c1-12(2,10(15)16)8-13-11(17)14-6-4-5-9(7-14)18-3/h9H,4-8H2,1-3H3,(H,13,17)(H,15,16). The Morgan fingerprint density at radius 3 is 2.72 bits per heavy atom. The van der Waals surface area contributed by atoms with Crippen LogP contribution in [0.3, 0.4) is 0 Å². The molecule has 0 aromatic carbocycles. The van der Waals surface area contributed by atoms with Crippen molar-refractivity contribution in [2.75, 3.05) is 26.7 Å². The molecule has 2 N–H and O–H groups in total. The van der Waals surface area contributed by atoms with Crippen LogP contribution in [0, 0.1) is 5.41 Å². The zero-order chi connectivity index (χ0) is 13.8. The molecule has 6 nitrogen and oxygen atoms in total. The number of aliphatic carboxylic acids is 1. The predicted octanol–water partition coefficient (Wildman–Crippen LogP) is 0.918.